The van der Waals surface area contributed by atoms with Crippen LogP contribution >= 0.6 is 11.8 Å². The summed E-state index contributed by atoms with van der Waals surface area (Å²) >= 11 is 1.53. The fourth-order valence-electron chi connectivity index (χ4n) is 1.38. The van der Waals surface area contributed by atoms with Crippen molar-refractivity contribution >= 4 is 17.7 Å². The highest BCUT2D eigenvalue weighted by molar-refractivity contribution is 8.00. The molecule has 3 N–H and O–H groups in total. The first-order valence-corrected chi connectivity index (χ1v) is 7.09. The third kappa shape index (κ3) is 6.60. The SMILES string of the molecule is C#CC(CC)(CC)NC(=O)CSCC(C)(C)N. The lowest BCUT2D eigenvalue weighted by Crippen LogP contribution is -2.47. The zero-order valence-electron chi connectivity index (χ0n) is 11.3. The van der Waals surface area contributed by atoms with E-state index in [-0.39, 0.29) is 11.4 Å². The Morgan fingerprint density at radius 3 is 2.29 bits per heavy atom. The maximum Gasteiger partial charge on any atom is 0.231 e. The molecule has 0 aromatic rings. The van der Waals surface area contributed by atoms with E-state index in [0.717, 1.165) is 18.6 Å². The Bertz CT molecular complexity index is 285. The van der Waals surface area contributed by atoms with E-state index in [2.05, 4.69) is 11.2 Å². The van der Waals surface area contributed by atoms with Gasteiger partial charge in [-0.15, -0.1) is 6.42 Å². The van der Waals surface area contributed by atoms with Gasteiger partial charge >= 0.3 is 0 Å². The summed E-state index contributed by atoms with van der Waals surface area (Å²) in [5.41, 5.74) is 5.11. The minimum atomic E-state index is -0.490. The Kier molecular flexibility index (Phi) is 6.66. The summed E-state index contributed by atoms with van der Waals surface area (Å²) in [6.07, 6.45) is 6.98. The van der Waals surface area contributed by atoms with E-state index in [9.17, 15) is 4.79 Å². The minimum Gasteiger partial charge on any atom is -0.339 e. The molecule has 0 aromatic heterocycles. The zero-order valence-corrected chi connectivity index (χ0v) is 12.1. The molecule has 0 fully saturated rings. The average Bonchev–Trinajstić information content (AvgIpc) is 2.24. The molecule has 0 atom stereocenters. The van der Waals surface area contributed by atoms with Crippen molar-refractivity contribution in [2.75, 3.05) is 11.5 Å². The Balaban J connectivity index is 4.14. The van der Waals surface area contributed by atoms with Crippen molar-refractivity contribution in [1.29, 1.82) is 0 Å². The number of carbonyl (C=O) groups excluding carboxylic acids is 1. The van der Waals surface area contributed by atoms with Gasteiger partial charge in [0.15, 0.2) is 0 Å². The van der Waals surface area contributed by atoms with Gasteiger partial charge in [0.1, 0.15) is 5.54 Å². The smallest absolute Gasteiger partial charge is 0.231 e. The van der Waals surface area contributed by atoms with Gasteiger partial charge in [-0.25, -0.2) is 0 Å². The molecule has 3 nitrogen and oxygen atoms in total. The molecule has 0 aliphatic heterocycles. The molecule has 0 rings (SSSR count). The first kappa shape index (κ1) is 16.3. The topological polar surface area (TPSA) is 55.1 Å². The minimum absolute atomic E-state index is 0.0131. The molecule has 1 amide bonds. The van der Waals surface area contributed by atoms with E-state index in [1.165, 1.54) is 11.8 Å². The van der Waals surface area contributed by atoms with Gasteiger partial charge in [0, 0.05) is 11.3 Å². The molecule has 0 unspecified atom stereocenters. The number of rotatable bonds is 7. The van der Waals surface area contributed by atoms with Gasteiger partial charge < -0.3 is 11.1 Å². The molecule has 0 aliphatic carbocycles. The molecule has 0 aliphatic rings. The van der Waals surface area contributed by atoms with Crippen molar-refractivity contribution < 1.29 is 4.79 Å². The van der Waals surface area contributed by atoms with Crippen molar-refractivity contribution in [3.8, 4) is 12.3 Å². The van der Waals surface area contributed by atoms with E-state index < -0.39 is 5.54 Å². The molecular weight excluding hydrogens is 232 g/mol. The molecular formula is C13H24N2OS. The van der Waals surface area contributed by atoms with Gasteiger partial charge in [0.25, 0.3) is 0 Å². The summed E-state index contributed by atoms with van der Waals surface area (Å²) in [5.74, 6) is 3.83. The summed E-state index contributed by atoms with van der Waals surface area (Å²) in [6.45, 7) is 7.86. The lowest BCUT2D eigenvalue weighted by atomic mass is 9.94. The molecule has 0 saturated carbocycles. The Labute approximate surface area is 109 Å². The van der Waals surface area contributed by atoms with Gasteiger partial charge in [0.05, 0.1) is 5.75 Å². The summed E-state index contributed by atoms with van der Waals surface area (Å²) in [4.78, 5) is 11.8. The van der Waals surface area contributed by atoms with Crippen LogP contribution in [0, 0.1) is 12.3 Å². The maximum absolute atomic E-state index is 11.8. The van der Waals surface area contributed by atoms with Gasteiger partial charge in [0.2, 0.25) is 5.91 Å². The molecule has 98 valence electrons. The van der Waals surface area contributed by atoms with Crippen LogP contribution in [0.5, 0.6) is 0 Å². The maximum atomic E-state index is 11.8. The first-order chi connectivity index (χ1) is 7.78. The van der Waals surface area contributed by atoms with Gasteiger partial charge in [-0.05, 0) is 26.7 Å². The molecule has 0 heterocycles. The summed E-state index contributed by atoms with van der Waals surface area (Å²) < 4.78 is 0. The van der Waals surface area contributed by atoms with E-state index in [0.29, 0.717) is 5.75 Å². The zero-order chi connectivity index (χ0) is 13.5. The van der Waals surface area contributed by atoms with Crippen LogP contribution in [0.2, 0.25) is 0 Å². The van der Waals surface area contributed by atoms with Crippen molar-refractivity contribution in [3.05, 3.63) is 0 Å². The fourth-order valence-corrected chi connectivity index (χ4v) is 2.26. The Morgan fingerprint density at radius 1 is 1.41 bits per heavy atom. The van der Waals surface area contributed by atoms with Gasteiger partial charge in [-0.2, -0.15) is 11.8 Å². The van der Waals surface area contributed by atoms with Crippen molar-refractivity contribution in [2.45, 2.75) is 51.6 Å². The summed E-state index contributed by atoms with van der Waals surface area (Å²) in [7, 11) is 0. The fraction of sp³-hybridized carbons (Fsp3) is 0.769. The van der Waals surface area contributed by atoms with Crippen molar-refractivity contribution in [1.82, 2.24) is 5.32 Å². The highest BCUT2D eigenvalue weighted by atomic mass is 32.2. The van der Waals surface area contributed by atoms with Crippen LogP contribution in [0.1, 0.15) is 40.5 Å². The van der Waals surface area contributed by atoms with Crippen LogP contribution in [0.15, 0.2) is 0 Å². The molecule has 4 heteroatoms. The predicted octanol–water partition coefficient (Wildman–Crippen LogP) is 1.77. The van der Waals surface area contributed by atoms with Gasteiger partial charge in [-0.1, -0.05) is 19.8 Å². The van der Waals surface area contributed by atoms with Crippen LogP contribution in [0.3, 0.4) is 0 Å². The second-order valence-corrected chi connectivity index (χ2v) is 5.95. The number of hydrogen-bond donors (Lipinski definition) is 2. The largest absolute Gasteiger partial charge is 0.339 e. The number of hydrogen-bond acceptors (Lipinski definition) is 3. The Hall–Kier alpha value is -0.660. The van der Waals surface area contributed by atoms with E-state index in [1.54, 1.807) is 0 Å². The normalized spacial score (nSPS) is 12.0. The second-order valence-electron chi connectivity index (χ2n) is 4.96. The number of amides is 1. The molecule has 0 aromatic carbocycles. The third-order valence-electron chi connectivity index (χ3n) is 2.57. The lowest BCUT2D eigenvalue weighted by molar-refractivity contribution is -0.119. The number of thioether (sulfide) groups is 1. The van der Waals surface area contributed by atoms with E-state index in [4.69, 9.17) is 12.2 Å². The van der Waals surface area contributed by atoms with Crippen LogP contribution in [-0.4, -0.2) is 28.5 Å². The first-order valence-electron chi connectivity index (χ1n) is 5.94. The highest BCUT2D eigenvalue weighted by Crippen LogP contribution is 2.15. The number of terminal acetylenes is 1. The third-order valence-corrected chi connectivity index (χ3v) is 3.98. The van der Waals surface area contributed by atoms with Gasteiger partial charge in [-0.3, -0.25) is 4.79 Å². The molecule has 0 radical (unpaired) electrons. The molecule has 0 spiro atoms. The molecule has 0 saturated heterocycles. The van der Waals surface area contributed by atoms with Crippen LogP contribution < -0.4 is 11.1 Å². The molecule has 0 bridgehead atoms. The summed E-state index contributed by atoms with van der Waals surface area (Å²) in [6, 6.07) is 0. The quantitative estimate of drug-likeness (QED) is 0.683. The van der Waals surface area contributed by atoms with Crippen molar-refractivity contribution in [2.24, 2.45) is 5.73 Å². The second kappa shape index (κ2) is 6.93. The van der Waals surface area contributed by atoms with Crippen LogP contribution in [0.4, 0.5) is 0 Å². The molecule has 17 heavy (non-hydrogen) atoms. The van der Waals surface area contributed by atoms with Crippen LogP contribution in [-0.2, 0) is 4.79 Å². The Morgan fingerprint density at radius 2 is 1.94 bits per heavy atom. The number of carbonyl (C=O) groups is 1. The number of nitrogens with one attached hydrogen (secondary N) is 1. The monoisotopic (exact) mass is 256 g/mol. The average molecular weight is 256 g/mol. The lowest BCUT2D eigenvalue weighted by Gasteiger charge is -2.27. The number of nitrogens with two attached hydrogens (primary N) is 1. The highest BCUT2D eigenvalue weighted by Gasteiger charge is 2.25. The standard InChI is InChI=1S/C13H24N2OS/c1-6-13(7-2,8-3)15-11(16)9-17-10-12(4,5)14/h1H,7-10,14H2,2-5H3,(H,15,16). The van der Waals surface area contributed by atoms with Crippen molar-refractivity contribution in [3.63, 3.8) is 0 Å². The predicted molar refractivity (Wildman–Crippen MR) is 75.9 cm³/mol. The summed E-state index contributed by atoms with van der Waals surface area (Å²) in [5, 5.41) is 2.93. The van der Waals surface area contributed by atoms with Crippen LogP contribution in [0.25, 0.3) is 0 Å². The van der Waals surface area contributed by atoms with E-state index in [1.807, 2.05) is 27.7 Å². The van der Waals surface area contributed by atoms with E-state index >= 15 is 0 Å².